The molecular weight excluding hydrogens is 390 g/mol. The van der Waals surface area contributed by atoms with Crippen LogP contribution in [0.15, 0.2) is 76.3 Å². The molecule has 1 aliphatic heterocycles. The second-order valence-corrected chi connectivity index (χ2v) is 7.74. The van der Waals surface area contributed by atoms with E-state index in [1.165, 1.54) is 11.6 Å². The monoisotopic (exact) mass is 413 g/mol. The topological polar surface area (TPSA) is 58.2 Å². The van der Waals surface area contributed by atoms with E-state index in [1.807, 2.05) is 72.8 Å². The third kappa shape index (κ3) is 3.07. The molecule has 0 saturated heterocycles. The maximum atomic E-state index is 13.3. The fraction of sp³-hybridized carbons (Fsp3) is 0.200. The first kappa shape index (κ1) is 19.3. The molecule has 4 aromatic rings. The summed E-state index contributed by atoms with van der Waals surface area (Å²) >= 11 is 0. The number of ether oxygens (including phenoxy) is 1. The van der Waals surface area contributed by atoms with E-state index in [1.54, 1.807) is 11.6 Å². The first-order chi connectivity index (χ1) is 15.1. The molecule has 6 heteroatoms. The summed E-state index contributed by atoms with van der Waals surface area (Å²) < 4.78 is 11.0. The highest BCUT2D eigenvalue weighted by molar-refractivity contribution is 5.96. The fourth-order valence-corrected chi connectivity index (χ4v) is 4.42. The van der Waals surface area contributed by atoms with Crippen molar-refractivity contribution in [3.05, 3.63) is 98.8 Å². The van der Waals surface area contributed by atoms with Crippen LogP contribution in [-0.4, -0.2) is 20.3 Å². The summed E-state index contributed by atoms with van der Waals surface area (Å²) in [5.41, 5.74) is 3.68. The van der Waals surface area contributed by atoms with E-state index in [4.69, 9.17) is 4.74 Å². The molecule has 0 saturated carbocycles. The van der Waals surface area contributed by atoms with Crippen LogP contribution in [0, 0.1) is 0 Å². The summed E-state index contributed by atoms with van der Waals surface area (Å²) in [6.07, 6.45) is 3.64. The average Bonchev–Trinajstić information content (AvgIpc) is 3.17. The van der Waals surface area contributed by atoms with Crippen LogP contribution in [0.25, 0.3) is 28.2 Å². The van der Waals surface area contributed by atoms with Gasteiger partial charge in [-0.25, -0.2) is 4.79 Å². The number of aromatic nitrogens is 3. The quantitative estimate of drug-likeness (QED) is 0.517. The number of hydrogen-bond donors (Lipinski definition) is 0. The van der Waals surface area contributed by atoms with E-state index in [9.17, 15) is 9.59 Å². The van der Waals surface area contributed by atoms with E-state index in [0.717, 1.165) is 22.5 Å². The Morgan fingerprint density at radius 3 is 2.32 bits per heavy atom. The lowest BCUT2D eigenvalue weighted by Crippen LogP contribution is -2.37. The standard InChI is InChI=1S/C25H23N3O3/c1-26-23-20(24(29)27(2)25(26)30)21(18-11-7-4-8-12-18)28-15-16-31-19(22(23)28)14-13-17-9-5-3-6-10-17/h3-14,19H,15-16H2,1-2H3/b14-13+/t19-/m1/s1. The summed E-state index contributed by atoms with van der Waals surface area (Å²) in [4.78, 5) is 26.1. The molecule has 156 valence electrons. The van der Waals surface area contributed by atoms with Crippen LogP contribution >= 0.6 is 0 Å². The zero-order valence-corrected chi connectivity index (χ0v) is 17.5. The summed E-state index contributed by atoms with van der Waals surface area (Å²) in [7, 11) is 3.24. The van der Waals surface area contributed by atoms with Gasteiger partial charge in [0.05, 0.1) is 28.9 Å². The number of fused-ring (bicyclic) bond motifs is 3. The van der Waals surface area contributed by atoms with Gasteiger partial charge in [0.25, 0.3) is 5.56 Å². The van der Waals surface area contributed by atoms with Crippen LogP contribution in [0.4, 0.5) is 0 Å². The molecule has 1 aliphatic rings. The Hall–Kier alpha value is -3.64. The number of nitrogens with zero attached hydrogens (tertiary/aromatic N) is 3. The number of rotatable bonds is 3. The number of hydrogen-bond acceptors (Lipinski definition) is 3. The fourth-order valence-electron chi connectivity index (χ4n) is 4.42. The van der Waals surface area contributed by atoms with Gasteiger partial charge < -0.3 is 9.30 Å². The third-order valence-corrected chi connectivity index (χ3v) is 5.90. The Labute approximate surface area is 179 Å². The first-order valence-corrected chi connectivity index (χ1v) is 10.3. The Balaban J connectivity index is 1.83. The number of benzene rings is 2. The van der Waals surface area contributed by atoms with Crippen molar-refractivity contribution in [3.8, 4) is 11.3 Å². The molecule has 0 unspecified atom stereocenters. The molecule has 0 amide bonds. The van der Waals surface area contributed by atoms with Crippen LogP contribution in [0.2, 0.25) is 0 Å². The average molecular weight is 413 g/mol. The Bertz CT molecular complexity index is 1410. The molecule has 5 rings (SSSR count). The summed E-state index contributed by atoms with van der Waals surface area (Å²) in [5.74, 6) is 0. The van der Waals surface area contributed by atoms with E-state index in [2.05, 4.69) is 4.57 Å². The number of aryl methyl sites for hydroxylation is 1. The normalized spacial score (nSPS) is 16.1. The van der Waals surface area contributed by atoms with Gasteiger partial charge in [0.15, 0.2) is 0 Å². The highest BCUT2D eigenvalue weighted by atomic mass is 16.5. The van der Waals surface area contributed by atoms with Gasteiger partial charge in [0, 0.05) is 20.6 Å². The molecular formula is C25H23N3O3. The smallest absolute Gasteiger partial charge is 0.331 e. The first-order valence-electron chi connectivity index (χ1n) is 10.3. The lowest BCUT2D eigenvalue weighted by Gasteiger charge is -2.25. The van der Waals surface area contributed by atoms with E-state index < -0.39 is 0 Å². The van der Waals surface area contributed by atoms with Crippen molar-refractivity contribution < 1.29 is 4.74 Å². The third-order valence-electron chi connectivity index (χ3n) is 5.90. The van der Waals surface area contributed by atoms with Gasteiger partial charge in [-0.15, -0.1) is 0 Å². The predicted octanol–water partition coefficient (Wildman–Crippen LogP) is 3.49. The second-order valence-electron chi connectivity index (χ2n) is 7.74. The van der Waals surface area contributed by atoms with Crippen molar-refractivity contribution in [3.63, 3.8) is 0 Å². The zero-order valence-electron chi connectivity index (χ0n) is 17.5. The largest absolute Gasteiger partial charge is 0.366 e. The van der Waals surface area contributed by atoms with E-state index >= 15 is 0 Å². The SMILES string of the molecule is Cn1c(=O)c2c(-c3ccccc3)n3c(c2n(C)c1=O)[C@@H](/C=C/c1ccccc1)OCC3. The van der Waals surface area contributed by atoms with E-state index in [0.29, 0.717) is 24.1 Å². The lowest BCUT2D eigenvalue weighted by atomic mass is 10.1. The zero-order chi connectivity index (χ0) is 21.5. The van der Waals surface area contributed by atoms with Crippen LogP contribution in [-0.2, 0) is 25.4 Å². The van der Waals surface area contributed by atoms with Crippen molar-refractivity contribution >= 4 is 17.0 Å². The lowest BCUT2D eigenvalue weighted by molar-refractivity contribution is 0.0532. The van der Waals surface area contributed by atoms with Crippen molar-refractivity contribution in [1.29, 1.82) is 0 Å². The molecule has 0 bridgehead atoms. The highest BCUT2D eigenvalue weighted by Gasteiger charge is 2.30. The molecule has 0 aliphatic carbocycles. The summed E-state index contributed by atoms with van der Waals surface area (Å²) in [5, 5.41) is 0.550. The molecule has 2 aromatic carbocycles. The van der Waals surface area contributed by atoms with Crippen molar-refractivity contribution in [1.82, 2.24) is 13.7 Å². The van der Waals surface area contributed by atoms with Gasteiger partial charge in [0.1, 0.15) is 6.10 Å². The maximum absolute atomic E-state index is 13.3. The minimum absolute atomic E-state index is 0.287. The van der Waals surface area contributed by atoms with Crippen LogP contribution < -0.4 is 11.2 Å². The highest BCUT2D eigenvalue weighted by Crippen LogP contribution is 2.38. The van der Waals surface area contributed by atoms with Gasteiger partial charge in [-0.1, -0.05) is 66.7 Å². The minimum Gasteiger partial charge on any atom is -0.366 e. The van der Waals surface area contributed by atoms with Crippen molar-refractivity contribution in [2.24, 2.45) is 14.1 Å². The molecule has 0 fully saturated rings. The Kier molecular flexibility index (Phi) is 4.71. The van der Waals surface area contributed by atoms with Crippen molar-refractivity contribution in [2.45, 2.75) is 12.6 Å². The molecule has 3 heterocycles. The van der Waals surface area contributed by atoms with Crippen molar-refractivity contribution in [2.75, 3.05) is 6.61 Å². The molecule has 0 spiro atoms. The van der Waals surface area contributed by atoms with Gasteiger partial charge in [-0.3, -0.25) is 13.9 Å². The van der Waals surface area contributed by atoms with Gasteiger partial charge in [-0.2, -0.15) is 0 Å². The second kappa shape index (κ2) is 7.56. The molecule has 0 radical (unpaired) electrons. The predicted molar refractivity (Wildman–Crippen MR) is 122 cm³/mol. The maximum Gasteiger partial charge on any atom is 0.331 e. The molecule has 6 nitrogen and oxygen atoms in total. The molecule has 31 heavy (non-hydrogen) atoms. The summed E-state index contributed by atoms with van der Waals surface area (Å²) in [6, 6.07) is 19.9. The Morgan fingerprint density at radius 2 is 1.61 bits per heavy atom. The van der Waals surface area contributed by atoms with Crippen LogP contribution in [0.5, 0.6) is 0 Å². The van der Waals surface area contributed by atoms with Gasteiger partial charge >= 0.3 is 5.69 Å². The van der Waals surface area contributed by atoms with Gasteiger partial charge in [-0.05, 0) is 17.2 Å². The van der Waals surface area contributed by atoms with Crippen LogP contribution in [0.1, 0.15) is 17.4 Å². The molecule has 2 aromatic heterocycles. The van der Waals surface area contributed by atoms with Crippen LogP contribution in [0.3, 0.4) is 0 Å². The summed E-state index contributed by atoms with van der Waals surface area (Å²) in [6.45, 7) is 1.13. The Morgan fingerprint density at radius 1 is 0.935 bits per heavy atom. The van der Waals surface area contributed by atoms with Gasteiger partial charge in [0.2, 0.25) is 0 Å². The minimum atomic E-state index is -0.369. The van der Waals surface area contributed by atoms with E-state index in [-0.39, 0.29) is 17.4 Å². The molecule has 1 atom stereocenters. The molecule has 0 N–H and O–H groups in total.